The van der Waals surface area contributed by atoms with Crippen LogP contribution in [0, 0.1) is 5.92 Å². The maximum Gasteiger partial charge on any atom is 0.285 e. The minimum Gasteiger partial charge on any atom is -0.459 e. The quantitative estimate of drug-likeness (QED) is 0.431. The van der Waals surface area contributed by atoms with Gasteiger partial charge in [-0.15, -0.1) is 0 Å². The molecule has 0 radical (unpaired) electrons. The van der Waals surface area contributed by atoms with E-state index in [4.69, 9.17) is 9.84 Å². The molecule has 6 nitrogen and oxygen atoms in total. The first kappa shape index (κ1) is 10.7. The predicted molar refractivity (Wildman–Crippen MR) is 52.4 cm³/mol. The maximum atomic E-state index is 9.70. The lowest BCUT2D eigenvalue weighted by Crippen LogP contribution is -2.40. The van der Waals surface area contributed by atoms with Gasteiger partial charge in [0.25, 0.3) is 6.02 Å². The molecular weight excluding hydrogens is 200 g/mol. The van der Waals surface area contributed by atoms with Crippen molar-refractivity contribution in [2.75, 3.05) is 13.2 Å². The molecule has 86 valence electrons. The van der Waals surface area contributed by atoms with Crippen LogP contribution in [0.4, 0.5) is 0 Å². The zero-order valence-corrected chi connectivity index (χ0v) is 8.50. The Kier molecular flexibility index (Phi) is 2.81. The van der Waals surface area contributed by atoms with Crippen molar-refractivity contribution >= 4 is 6.02 Å². The average Bonchev–Trinajstić information content (AvgIpc) is 2.70. The number of hydrogen-bond acceptors (Lipinski definition) is 5. The van der Waals surface area contributed by atoms with Gasteiger partial charge in [-0.1, -0.05) is 0 Å². The topological polar surface area (TPSA) is 94.3 Å². The standard InChI is InChI=1S/C9H16N2O4/c1-2-10-9-11-5-7(14)6(13)4(3-12)8(5)15-9/h4-8,12-14H,2-3H2,1H3,(H,10,11). The zero-order valence-electron chi connectivity index (χ0n) is 8.50. The molecule has 4 N–H and O–H groups in total. The fraction of sp³-hybridized carbons (Fsp3) is 0.889. The molecule has 5 atom stereocenters. The van der Waals surface area contributed by atoms with Crippen LogP contribution in [0.5, 0.6) is 0 Å². The number of aliphatic imine (C=N–C) groups is 1. The number of aliphatic hydroxyl groups excluding tert-OH is 3. The van der Waals surface area contributed by atoms with Crippen molar-refractivity contribution in [2.24, 2.45) is 10.9 Å². The summed E-state index contributed by atoms with van der Waals surface area (Å²) in [5.74, 6) is -0.456. The number of nitrogens with one attached hydrogen (secondary N) is 1. The van der Waals surface area contributed by atoms with Gasteiger partial charge in [-0.05, 0) is 6.92 Å². The highest BCUT2D eigenvalue weighted by Crippen LogP contribution is 2.32. The first-order valence-corrected chi connectivity index (χ1v) is 5.13. The number of nitrogens with zero attached hydrogens (tertiary/aromatic N) is 1. The molecule has 1 saturated heterocycles. The molecule has 6 heteroatoms. The molecule has 2 aliphatic rings. The molecule has 0 spiro atoms. The Morgan fingerprint density at radius 1 is 1.40 bits per heavy atom. The molecular formula is C9H16N2O4. The van der Waals surface area contributed by atoms with E-state index in [0.29, 0.717) is 12.6 Å². The van der Waals surface area contributed by atoms with E-state index in [-0.39, 0.29) is 12.6 Å². The summed E-state index contributed by atoms with van der Waals surface area (Å²) in [6.45, 7) is 2.26. The van der Waals surface area contributed by atoms with Gasteiger partial charge in [0.05, 0.1) is 18.8 Å². The van der Waals surface area contributed by atoms with Crippen molar-refractivity contribution in [3.63, 3.8) is 0 Å². The minimum atomic E-state index is -0.944. The molecule has 0 bridgehead atoms. The number of ether oxygens (including phenoxy) is 1. The smallest absolute Gasteiger partial charge is 0.285 e. The molecule has 2 fully saturated rings. The Morgan fingerprint density at radius 2 is 2.13 bits per heavy atom. The third-order valence-corrected chi connectivity index (χ3v) is 2.98. The van der Waals surface area contributed by atoms with Gasteiger partial charge >= 0.3 is 0 Å². The van der Waals surface area contributed by atoms with Gasteiger partial charge in [0.15, 0.2) is 0 Å². The number of aliphatic hydroxyl groups is 3. The molecule has 0 amide bonds. The van der Waals surface area contributed by atoms with E-state index in [1.165, 1.54) is 0 Å². The Morgan fingerprint density at radius 3 is 2.73 bits per heavy atom. The summed E-state index contributed by atoms with van der Waals surface area (Å²) in [5, 5.41) is 31.3. The number of fused-ring (bicyclic) bond motifs is 1. The molecule has 0 aromatic carbocycles. The molecule has 0 aromatic heterocycles. The normalized spacial score (nSPS) is 46.4. The van der Waals surface area contributed by atoms with Crippen molar-refractivity contribution in [3.8, 4) is 0 Å². The van der Waals surface area contributed by atoms with Crippen molar-refractivity contribution in [1.82, 2.24) is 5.32 Å². The fourth-order valence-corrected chi connectivity index (χ4v) is 2.19. The molecule has 1 aliphatic carbocycles. The Balaban J connectivity index is 2.13. The van der Waals surface area contributed by atoms with E-state index in [9.17, 15) is 10.2 Å². The third-order valence-electron chi connectivity index (χ3n) is 2.98. The van der Waals surface area contributed by atoms with E-state index in [1.807, 2.05) is 6.92 Å². The van der Waals surface area contributed by atoms with Crippen LogP contribution >= 0.6 is 0 Å². The lowest BCUT2D eigenvalue weighted by molar-refractivity contribution is -0.00878. The molecule has 2 rings (SSSR count). The molecule has 1 heterocycles. The minimum absolute atomic E-state index is 0.208. The molecule has 1 saturated carbocycles. The number of rotatable bonds is 2. The highest BCUT2D eigenvalue weighted by atomic mass is 16.5. The van der Waals surface area contributed by atoms with Crippen molar-refractivity contribution in [2.45, 2.75) is 31.3 Å². The summed E-state index contributed by atoms with van der Waals surface area (Å²) in [6.07, 6.45) is -2.26. The van der Waals surface area contributed by atoms with Gasteiger partial charge in [0.1, 0.15) is 12.2 Å². The highest BCUT2D eigenvalue weighted by Gasteiger charge is 2.54. The van der Waals surface area contributed by atoms with Crippen LogP contribution < -0.4 is 5.32 Å². The van der Waals surface area contributed by atoms with Crippen molar-refractivity contribution < 1.29 is 20.1 Å². The number of amidine groups is 1. The van der Waals surface area contributed by atoms with Crippen molar-refractivity contribution in [3.05, 3.63) is 0 Å². The van der Waals surface area contributed by atoms with E-state index in [1.54, 1.807) is 0 Å². The van der Waals surface area contributed by atoms with E-state index in [0.717, 1.165) is 0 Å². The summed E-state index contributed by atoms with van der Waals surface area (Å²) in [4.78, 5) is 4.04. The fourth-order valence-electron chi connectivity index (χ4n) is 2.19. The zero-order chi connectivity index (χ0) is 11.0. The molecule has 0 aromatic rings. The van der Waals surface area contributed by atoms with Crippen LogP contribution in [0.2, 0.25) is 0 Å². The van der Waals surface area contributed by atoms with Crippen LogP contribution in [0.15, 0.2) is 4.99 Å². The van der Waals surface area contributed by atoms with Gasteiger partial charge in [-0.2, -0.15) is 0 Å². The largest absolute Gasteiger partial charge is 0.459 e. The first-order chi connectivity index (χ1) is 7.19. The van der Waals surface area contributed by atoms with Crippen molar-refractivity contribution in [1.29, 1.82) is 0 Å². The summed E-state index contributed by atoms with van der Waals surface area (Å²) >= 11 is 0. The van der Waals surface area contributed by atoms with E-state index < -0.39 is 24.2 Å². The predicted octanol–water partition coefficient (Wildman–Crippen LogP) is -1.94. The summed E-state index contributed by atoms with van der Waals surface area (Å²) in [6, 6.07) is 0.0133. The Hall–Kier alpha value is -0.850. The van der Waals surface area contributed by atoms with Crippen LogP contribution in [0.3, 0.4) is 0 Å². The molecule has 15 heavy (non-hydrogen) atoms. The SMILES string of the molecule is CCN=C1NC2C(O)C(O)C(CO)C2O1. The second kappa shape index (κ2) is 3.96. The molecule has 5 unspecified atom stereocenters. The second-order valence-electron chi connectivity index (χ2n) is 3.86. The third kappa shape index (κ3) is 1.58. The highest BCUT2D eigenvalue weighted by molar-refractivity contribution is 5.76. The lowest BCUT2D eigenvalue weighted by Gasteiger charge is -2.17. The monoisotopic (exact) mass is 216 g/mol. The van der Waals surface area contributed by atoms with Crippen LogP contribution in [-0.4, -0.2) is 58.8 Å². The Labute approximate surface area is 87.6 Å². The average molecular weight is 216 g/mol. The second-order valence-corrected chi connectivity index (χ2v) is 3.86. The summed E-state index contributed by atoms with van der Waals surface area (Å²) in [5.41, 5.74) is 0. The van der Waals surface area contributed by atoms with Gasteiger partial charge in [0, 0.05) is 12.5 Å². The van der Waals surface area contributed by atoms with Gasteiger partial charge in [0.2, 0.25) is 0 Å². The van der Waals surface area contributed by atoms with Crippen LogP contribution in [-0.2, 0) is 4.74 Å². The summed E-state index contributed by atoms with van der Waals surface area (Å²) < 4.78 is 5.43. The molecule has 1 aliphatic heterocycles. The lowest BCUT2D eigenvalue weighted by atomic mass is 10.1. The number of hydrogen-bond donors (Lipinski definition) is 4. The Bertz CT molecular complexity index is 271. The maximum absolute atomic E-state index is 9.70. The van der Waals surface area contributed by atoms with Crippen LogP contribution in [0.1, 0.15) is 6.92 Å². The van der Waals surface area contributed by atoms with Crippen LogP contribution in [0.25, 0.3) is 0 Å². The van der Waals surface area contributed by atoms with E-state index in [2.05, 4.69) is 10.3 Å². The van der Waals surface area contributed by atoms with Gasteiger partial charge in [-0.3, -0.25) is 0 Å². The summed E-state index contributed by atoms with van der Waals surface area (Å²) in [7, 11) is 0. The van der Waals surface area contributed by atoms with Gasteiger partial charge in [-0.25, -0.2) is 4.99 Å². The van der Waals surface area contributed by atoms with Gasteiger partial charge < -0.3 is 25.4 Å². The first-order valence-electron chi connectivity index (χ1n) is 5.13. The van der Waals surface area contributed by atoms with E-state index >= 15 is 0 Å².